The van der Waals surface area contributed by atoms with Gasteiger partial charge in [-0.15, -0.1) is 0 Å². The fraction of sp³-hybridized carbons (Fsp3) is 0.438. The van der Waals surface area contributed by atoms with Crippen LogP contribution in [0.4, 0.5) is 0 Å². The number of ketones is 1. The largest absolute Gasteiger partial charge is 0.294 e. The van der Waals surface area contributed by atoms with Gasteiger partial charge in [0.05, 0.1) is 11.0 Å². The van der Waals surface area contributed by atoms with E-state index < -0.39 is 0 Å². The zero-order chi connectivity index (χ0) is 13.5. The number of benzene rings is 1. The Morgan fingerprint density at radius 2 is 1.84 bits per heavy atom. The number of hydrogen-bond donors (Lipinski definition) is 0. The highest BCUT2D eigenvalue weighted by Crippen LogP contribution is 2.17. The number of hydrogen-bond acceptors (Lipinski definition) is 3. The summed E-state index contributed by atoms with van der Waals surface area (Å²) in [5.41, 5.74) is 2.23. The van der Waals surface area contributed by atoms with Gasteiger partial charge in [-0.3, -0.25) is 14.8 Å². The van der Waals surface area contributed by atoms with E-state index in [1.165, 1.54) is 19.3 Å². The van der Waals surface area contributed by atoms with Gasteiger partial charge in [0.25, 0.3) is 0 Å². The highest BCUT2D eigenvalue weighted by atomic mass is 16.1. The normalized spacial score (nSPS) is 10.8. The van der Waals surface area contributed by atoms with Crippen LogP contribution in [0.3, 0.4) is 0 Å². The number of aromatic nitrogens is 2. The van der Waals surface area contributed by atoms with E-state index in [2.05, 4.69) is 16.9 Å². The third-order valence-corrected chi connectivity index (χ3v) is 3.31. The van der Waals surface area contributed by atoms with E-state index in [0.717, 1.165) is 23.9 Å². The summed E-state index contributed by atoms with van der Waals surface area (Å²) >= 11 is 0. The maximum Gasteiger partial charge on any atom is 0.165 e. The van der Waals surface area contributed by atoms with Gasteiger partial charge in [0, 0.05) is 24.4 Å². The van der Waals surface area contributed by atoms with Crippen molar-refractivity contribution in [1.29, 1.82) is 0 Å². The quantitative estimate of drug-likeness (QED) is 0.551. The Kier molecular flexibility index (Phi) is 5.01. The fourth-order valence-corrected chi connectivity index (χ4v) is 2.24. The van der Waals surface area contributed by atoms with Crippen molar-refractivity contribution in [3.05, 3.63) is 36.2 Å². The minimum Gasteiger partial charge on any atom is -0.294 e. The summed E-state index contributed by atoms with van der Waals surface area (Å²) in [6.45, 7) is 2.19. The number of nitrogens with zero attached hydrogens (tertiary/aromatic N) is 2. The molecular formula is C16H20N2O. The van der Waals surface area contributed by atoms with E-state index in [4.69, 9.17) is 0 Å². The maximum atomic E-state index is 12.2. The van der Waals surface area contributed by atoms with E-state index in [1.54, 1.807) is 12.4 Å². The zero-order valence-electron chi connectivity index (χ0n) is 11.4. The van der Waals surface area contributed by atoms with Gasteiger partial charge in [0.2, 0.25) is 0 Å². The van der Waals surface area contributed by atoms with Crippen LogP contribution in [0.15, 0.2) is 30.6 Å². The number of para-hydroxylation sites is 1. The van der Waals surface area contributed by atoms with Crippen molar-refractivity contribution in [2.75, 3.05) is 0 Å². The van der Waals surface area contributed by atoms with Crippen LogP contribution in [-0.2, 0) is 0 Å². The van der Waals surface area contributed by atoms with E-state index in [9.17, 15) is 4.79 Å². The number of Topliss-reactive ketones (excluding diaryl/α,β-unsaturated/α-hetero) is 1. The summed E-state index contributed by atoms with van der Waals surface area (Å²) < 4.78 is 0. The van der Waals surface area contributed by atoms with Gasteiger partial charge >= 0.3 is 0 Å². The van der Waals surface area contributed by atoms with Crippen molar-refractivity contribution in [3.63, 3.8) is 0 Å². The van der Waals surface area contributed by atoms with Crippen molar-refractivity contribution >= 4 is 16.8 Å². The average Bonchev–Trinajstić information content (AvgIpc) is 2.46. The van der Waals surface area contributed by atoms with Gasteiger partial charge in [0.1, 0.15) is 0 Å². The highest BCUT2D eigenvalue weighted by Gasteiger charge is 2.10. The Bertz CT molecular complexity index is 546. The van der Waals surface area contributed by atoms with Crippen molar-refractivity contribution in [2.45, 2.75) is 45.4 Å². The topological polar surface area (TPSA) is 42.9 Å². The predicted molar refractivity (Wildman–Crippen MR) is 77.2 cm³/mol. The van der Waals surface area contributed by atoms with Gasteiger partial charge in [0.15, 0.2) is 5.78 Å². The predicted octanol–water partition coefficient (Wildman–Crippen LogP) is 4.17. The number of fused-ring (bicyclic) bond motifs is 1. The highest BCUT2D eigenvalue weighted by molar-refractivity contribution is 6.05. The summed E-state index contributed by atoms with van der Waals surface area (Å²) in [6, 6.07) is 5.62. The SMILES string of the molecule is CCCCCCCC(=O)c1cccc2nccnc12. The Labute approximate surface area is 114 Å². The molecule has 0 spiro atoms. The number of unbranched alkanes of at least 4 members (excludes halogenated alkanes) is 4. The first-order chi connectivity index (χ1) is 9.33. The van der Waals surface area contributed by atoms with Gasteiger partial charge < -0.3 is 0 Å². The van der Waals surface area contributed by atoms with Crippen molar-refractivity contribution < 1.29 is 4.79 Å². The monoisotopic (exact) mass is 256 g/mol. The van der Waals surface area contributed by atoms with E-state index in [-0.39, 0.29) is 5.78 Å². The van der Waals surface area contributed by atoms with Crippen molar-refractivity contribution in [1.82, 2.24) is 9.97 Å². The second-order valence-corrected chi connectivity index (χ2v) is 4.82. The minimum absolute atomic E-state index is 0.183. The Hall–Kier alpha value is -1.77. The lowest BCUT2D eigenvalue weighted by Gasteiger charge is -2.04. The summed E-state index contributed by atoms with van der Waals surface area (Å²) in [7, 11) is 0. The third-order valence-electron chi connectivity index (χ3n) is 3.31. The first-order valence-corrected chi connectivity index (χ1v) is 7.06. The average molecular weight is 256 g/mol. The Balaban J connectivity index is 2.01. The van der Waals surface area contributed by atoms with Gasteiger partial charge in [-0.1, -0.05) is 38.7 Å². The number of carbonyl (C=O) groups excluding carboxylic acids is 1. The third kappa shape index (κ3) is 3.60. The second kappa shape index (κ2) is 6.98. The van der Waals surface area contributed by atoms with E-state index in [1.807, 2.05) is 18.2 Å². The molecule has 0 atom stereocenters. The maximum absolute atomic E-state index is 12.2. The smallest absolute Gasteiger partial charge is 0.165 e. The van der Waals surface area contributed by atoms with Crippen LogP contribution in [0.5, 0.6) is 0 Å². The molecule has 100 valence electrons. The number of carbonyl (C=O) groups is 1. The molecule has 1 heterocycles. The van der Waals surface area contributed by atoms with Crippen LogP contribution in [0.25, 0.3) is 11.0 Å². The summed E-state index contributed by atoms with van der Waals surface area (Å²) in [5, 5.41) is 0. The number of rotatable bonds is 7. The van der Waals surface area contributed by atoms with Crippen molar-refractivity contribution in [3.8, 4) is 0 Å². The molecule has 1 aromatic heterocycles. The molecule has 0 radical (unpaired) electrons. The lowest BCUT2D eigenvalue weighted by molar-refractivity contribution is 0.0980. The molecule has 0 bridgehead atoms. The van der Waals surface area contributed by atoms with Crippen LogP contribution in [0, 0.1) is 0 Å². The molecule has 0 saturated carbocycles. The zero-order valence-corrected chi connectivity index (χ0v) is 11.4. The Morgan fingerprint density at radius 1 is 1.05 bits per heavy atom. The first-order valence-electron chi connectivity index (χ1n) is 7.06. The molecular weight excluding hydrogens is 236 g/mol. The van der Waals surface area contributed by atoms with E-state index >= 15 is 0 Å². The van der Waals surface area contributed by atoms with Crippen LogP contribution in [0.2, 0.25) is 0 Å². The molecule has 0 aliphatic rings. The molecule has 0 fully saturated rings. The molecule has 0 amide bonds. The molecule has 3 nitrogen and oxygen atoms in total. The molecule has 0 N–H and O–H groups in total. The van der Waals surface area contributed by atoms with Gasteiger partial charge in [-0.05, 0) is 18.6 Å². The first kappa shape index (κ1) is 13.7. The van der Waals surface area contributed by atoms with Crippen LogP contribution < -0.4 is 0 Å². The van der Waals surface area contributed by atoms with Crippen LogP contribution in [-0.4, -0.2) is 15.8 Å². The summed E-state index contributed by atoms with van der Waals surface area (Å²) in [4.78, 5) is 20.7. The fourth-order valence-electron chi connectivity index (χ4n) is 2.24. The summed E-state index contributed by atoms with van der Waals surface area (Å²) in [6.07, 6.45) is 9.71. The molecule has 2 aromatic rings. The minimum atomic E-state index is 0.183. The molecule has 0 aliphatic carbocycles. The van der Waals surface area contributed by atoms with E-state index in [0.29, 0.717) is 12.0 Å². The molecule has 0 unspecified atom stereocenters. The van der Waals surface area contributed by atoms with Gasteiger partial charge in [-0.2, -0.15) is 0 Å². The molecule has 0 aliphatic heterocycles. The van der Waals surface area contributed by atoms with Crippen LogP contribution >= 0.6 is 0 Å². The van der Waals surface area contributed by atoms with Gasteiger partial charge in [-0.25, -0.2) is 0 Å². The standard InChI is InChI=1S/C16H20N2O/c1-2-3-4-5-6-10-15(19)13-8-7-9-14-16(13)18-12-11-17-14/h7-9,11-12H,2-6,10H2,1H3. The lowest BCUT2D eigenvalue weighted by atomic mass is 10.0. The second-order valence-electron chi connectivity index (χ2n) is 4.82. The van der Waals surface area contributed by atoms with Crippen LogP contribution in [0.1, 0.15) is 55.8 Å². The molecule has 3 heteroatoms. The summed E-state index contributed by atoms with van der Waals surface area (Å²) in [5.74, 6) is 0.183. The molecule has 0 saturated heterocycles. The molecule has 1 aromatic carbocycles. The molecule has 19 heavy (non-hydrogen) atoms. The lowest BCUT2D eigenvalue weighted by Crippen LogP contribution is -2.01. The molecule has 2 rings (SSSR count). The Morgan fingerprint density at radius 3 is 2.68 bits per heavy atom. The van der Waals surface area contributed by atoms with Crippen molar-refractivity contribution in [2.24, 2.45) is 0 Å².